The molecule has 4 amide bonds. The zero-order valence-corrected chi connectivity index (χ0v) is 20.8. The molecule has 1 aromatic heterocycles. The molecule has 5 heterocycles. The molecule has 0 saturated carbocycles. The number of likely N-dealkylation sites (tertiary alicyclic amines) is 1. The van der Waals surface area contributed by atoms with E-state index < -0.39 is 23.8 Å². The summed E-state index contributed by atoms with van der Waals surface area (Å²) in [5.41, 5.74) is 3.93. The van der Waals surface area contributed by atoms with Crippen LogP contribution in [0.1, 0.15) is 88.0 Å². The summed E-state index contributed by atoms with van der Waals surface area (Å²) in [5.74, 6) is -0.892. The van der Waals surface area contributed by atoms with E-state index in [4.69, 9.17) is 0 Å². The largest absolute Gasteiger partial charge is 0.317 e. The third-order valence-corrected chi connectivity index (χ3v) is 8.35. The number of piperidine rings is 3. The van der Waals surface area contributed by atoms with Crippen LogP contribution in [0.5, 0.6) is 0 Å². The number of fused-ring (bicyclic) bond motifs is 1. The Kier molecular flexibility index (Phi) is 6.37. The van der Waals surface area contributed by atoms with Gasteiger partial charge in [-0.1, -0.05) is 12.1 Å². The first-order chi connectivity index (χ1) is 18.0. The second-order valence-electron chi connectivity index (χ2n) is 10.6. The SMILES string of the molecule is O=C1CCC(N2C(=O)c3cccc(CN4CCC(c5cc(C6CCNCC6)n[nH]5)CC4)c3C2=O)C(=O)N1. The Bertz CT molecular complexity index is 1240. The van der Waals surface area contributed by atoms with Crippen molar-refractivity contribution in [2.45, 2.75) is 62.9 Å². The van der Waals surface area contributed by atoms with Gasteiger partial charge in [0, 0.05) is 30.5 Å². The van der Waals surface area contributed by atoms with E-state index in [1.54, 1.807) is 12.1 Å². The van der Waals surface area contributed by atoms with Crippen molar-refractivity contribution >= 4 is 23.6 Å². The van der Waals surface area contributed by atoms with Crippen LogP contribution in [0.3, 0.4) is 0 Å². The molecular formula is C27H32N6O4. The van der Waals surface area contributed by atoms with Crippen LogP contribution in [0.25, 0.3) is 0 Å². The van der Waals surface area contributed by atoms with E-state index in [1.807, 2.05) is 6.07 Å². The number of benzene rings is 1. The number of hydrogen-bond acceptors (Lipinski definition) is 7. The van der Waals surface area contributed by atoms with Crippen molar-refractivity contribution in [3.8, 4) is 0 Å². The van der Waals surface area contributed by atoms with Gasteiger partial charge in [-0.05, 0) is 76.0 Å². The van der Waals surface area contributed by atoms with E-state index in [9.17, 15) is 19.2 Å². The fraction of sp³-hybridized carbons (Fsp3) is 0.519. The van der Waals surface area contributed by atoms with Crippen molar-refractivity contribution in [2.75, 3.05) is 26.2 Å². The molecule has 194 valence electrons. The number of amides is 4. The fourth-order valence-corrected chi connectivity index (χ4v) is 6.25. The van der Waals surface area contributed by atoms with E-state index >= 15 is 0 Å². The highest BCUT2D eigenvalue weighted by Crippen LogP contribution is 2.33. The highest BCUT2D eigenvalue weighted by molar-refractivity contribution is 6.24. The first-order valence-electron chi connectivity index (χ1n) is 13.3. The average molecular weight is 505 g/mol. The molecule has 0 bridgehead atoms. The molecule has 4 aliphatic heterocycles. The maximum atomic E-state index is 13.4. The Morgan fingerprint density at radius 3 is 2.46 bits per heavy atom. The minimum atomic E-state index is -0.946. The van der Waals surface area contributed by atoms with Crippen LogP contribution in [0, 0.1) is 0 Å². The number of nitrogens with one attached hydrogen (secondary N) is 3. The topological polar surface area (TPSA) is 128 Å². The second kappa shape index (κ2) is 9.83. The smallest absolute Gasteiger partial charge is 0.262 e. The van der Waals surface area contributed by atoms with Crippen molar-refractivity contribution in [2.24, 2.45) is 0 Å². The van der Waals surface area contributed by atoms with E-state index in [0.717, 1.165) is 62.3 Å². The summed E-state index contributed by atoms with van der Waals surface area (Å²) < 4.78 is 0. The number of imide groups is 2. The molecule has 0 aliphatic carbocycles. The van der Waals surface area contributed by atoms with Gasteiger partial charge in [0.05, 0.1) is 16.8 Å². The van der Waals surface area contributed by atoms with Crippen molar-refractivity contribution < 1.29 is 19.2 Å². The lowest BCUT2D eigenvalue weighted by atomic mass is 9.90. The van der Waals surface area contributed by atoms with Crippen molar-refractivity contribution in [3.63, 3.8) is 0 Å². The molecule has 10 nitrogen and oxygen atoms in total. The van der Waals surface area contributed by atoms with E-state index in [0.29, 0.717) is 29.5 Å². The van der Waals surface area contributed by atoms with E-state index in [2.05, 4.69) is 31.8 Å². The lowest BCUT2D eigenvalue weighted by Gasteiger charge is -2.32. The quantitative estimate of drug-likeness (QED) is 0.529. The van der Waals surface area contributed by atoms with Gasteiger partial charge in [0.2, 0.25) is 11.8 Å². The highest BCUT2D eigenvalue weighted by atomic mass is 16.2. The Morgan fingerprint density at radius 1 is 0.919 bits per heavy atom. The van der Waals surface area contributed by atoms with Gasteiger partial charge >= 0.3 is 0 Å². The predicted octanol–water partition coefficient (Wildman–Crippen LogP) is 1.66. The molecule has 37 heavy (non-hydrogen) atoms. The molecule has 1 unspecified atom stereocenters. The molecule has 1 atom stereocenters. The molecule has 3 saturated heterocycles. The van der Waals surface area contributed by atoms with Crippen molar-refractivity contribution in [1.29, 1.82) is 0 Å². The number of H-pyrrole nitrogens is 1. The Morgan fingerprint density at radius 2 is 1.70 bits per heavy atom. The fourth-order valence-electron chi connectivity index (χ4n) is 6.25. The molecule has 0 spiro atoms. The number of aromatic nitrogens is 2. The van der Waals surface area contributed by atoms with Crippen LogP contribution in [-0.2, 0) is 16.1 Å². The molecule has 4 aliphatic rings. The van der Waals surface area contributed by atoms with Gasteiger partial charge in [-0.15, -0.1) is 0 Å². The Hall–Kier alpha value is -3.37. The molecule has 6 rings (SSSR count). The van der Waals surface area contributed by atoms with E-state index in [-0.39, 0.29) is 18.7 Å². The molecular weight excluding hydrogens is 472 g/mol. The van der Waals surface area contributed by atoms with Crippen LogP contribution in [-0.4, -0.2) is 75.8 Å². The molecule has 2 aromatic rings. The number of nitrogens with zero attached hydrogens (tertiary/aromatic N) is 3. The molecule has 1 aromatic carbocycles. The minimum absolute atomic E-state index is 0.112. The zero-order chi connectivity index (χ0) is 25.5. The normalized spacial score (nSPS) is 24.0. The van der Waals surface area contributed by atoms with Crippen LogP contribution in [0.4, 0.5) is 0 Å². The predicted molar refractivity (Wildman–Crippen MR) is 134 cm³/mol. The van der Waals surface area contributed by atoms with Crippen molar-refractivity contribution in [3.05, 3.63) is 52.3 Å². The number of aromatic amines is 1. The average Bonchev–Trinajstić information content (AvgIpc) is 3.50. The van der Waals surface area contributed by atoms with Crippen LogP contribution < -0.4 is 10.6 Å². The van der Waals surface area contributed by atoms with Gasteiger partial charge in [0.1, 0.15) is 6.04 Å². The number of rotatable bonds is 5. The van der Waals surface area contributed by atoms with E-state index in [1.165, 1.54) is 11.4 Å². The van der Waals surface area contributed by atoms with Crippen molar-refractivity contribution in [1.82, 2.24) is 30.6 Å². The number of hydrogen-bond donors (Lipinski definition) is 3. The van der Waals surface area contributed by atoms with Crippen LogP contribution in [0.2, 0.25) is 0 Å². The minimum Gasteiger partial charge on any atom is -0.317 e. The zero-order valence-electron chi connectivity index (χ0n) is 20.8. The second-order valence-corrected chi connectivity index (χ2v) is 10.6. The summed E-state index contributed by atoms with van der Waals surface area (Å²) in [6.45, 7) is 4.44. The standard InChI is InChI=1S/C27H32N6O4/c34-23-5-4-22(25(35)29-23)33-26(36)19-3-1-2-18(24(19)27(33)37)15-32-12-8-17(9-13-32)21-14-20(30-31-21)16-6-10-28-11-7-16/h1-3,14,16-17,22,28H,4-13,15H2,(H,30,31)(H,29,34,35). The summed E-state index contributed by atoms with van der Waals surface area (Å²) in [6, 6.07) is 6.65. The highest BCUT2D eigenvalue weighted by Gasteiger charge is 2.45. The Balaban J connectivity index is 1.11. The first-order valence-corrected chi connectivity index (χ1v) is 13.3. The molecule has 3 N–H and O–H groups in total. The summed E-state index contributed by atoms with van der Waals surface area (Å²) in [6.07, 6.45) is 4.53. The first kappa shape index (κ1) is 24.0. The molecule has 0 radical (unpaired) electrons. The monoisotopic (exact) mass is 504 g/mol. The Labute approximate surface area is 215 Å². The third-order valence-electron chi connectivity index (χ3n) is 8.35. The third kappa shape index (κ3) is 4.48. The lowest BCUT2D eigenvalue weighted by molar-refractivity contribution is -0.136. The van der Waals surface area contributed by atoms with Gasteiger partial charge in [0.15, 0.2) is 0 Å². The number of carbonyl (C=O) groups excluding carboxylic acids is 4. The van der Waals surface area contributed by atoms with Gasteiger partial charge in [0.25, 0.3) is 11.8 Å². The summed E-state index contributed by atoms with van der Waals surface area (Å²) in [5, 5.41) is 13.6. The summed E-state index contributed by atoms with van der Waals surface area (Å²) in [4.78, 5) is 53.8. The number of carbonyl (C=O) groups is 4. The van der Waals surface area contributed by atoms with Gasteiger partial charge in [-0.3, -0.25) is 39.4 Å². The summed E-state index contributed by atoms with van der Waals surface area (Å²) >= 11 is 0. The lowest BCUT2D eigenvalue weighted by Crippen LogP contribution is -2.54. The summed E-state index contributed by atoms with van der Waals surface area (Å²) in [7, 11) is 0. The van der Waals surface area contributed by atoms with Gasteiger partial charge < -0.3 is 5.32 Å². The molecule has 10 heteroatoms. The maximum absolute atomic E-state index is 13.4. The van der Waals surface area contributed by atoms with Crippen LogP contribution in [0.15, 0.2) is 24.3 Å². The van der Waals surface area contributed by atoms with Crippen LogP contribution >= 0.6 is 0 Å². The maximum Gasteiger partial charge on any atom is 0.262 e. The van der Waals surface area contributed by atoms with Gasteiger partial charge in [-0.2, -0.15) is 5.10 Å². The van der Waals surface area contributed by atoms with Gasteiger partial charge in [-0.25, -0.2) is 0 Å². The molecule has 3 fully saturated rings.